The Morgan fingerprint density at radius 3 is 2.05 bits per heavy atom. The SMILES string of the molecule is CC(C)(C)NC(=O)OC1CCN(CCCCC2(C(=O)NCC(F)(F)F)c3ccccc3-c3ccccc32)CC1. The first-order valence-corrected chi connectivity index (χ1v) is 13.6. The molecule has 1 saturated heterocycles. The van der Waals surface area contributed by atoms with Crippen LogP contribution in [0.25, 0.3) is 11.1 Å². The summed E-state index contributed by atoms with van der Waals surface area (Å²) in [6.45, 7) is 6.77. The second kappa shape index (κ2) is 11.6. The first-order valence-electron chi connectivity index (χ1n) is 13.6. The molecule has 2 aromatic rings. The highest BCUT2D eigenvalue weighted by atomic mass is 19.4. The van der Waals surface area contributed by atoms with Crippen LogP contribution in [-0.2, 0) is 14.9 Å². The Morgan fingerprint density at radius 2 is 1.51 bits per heavy atom. The molecule has 1 heterocycles. The first kappa shape index (κ1) is 28.9. The molecule has 2 aromatic carbocycles. The van der Waals surface area contributed by atoms with Gasteiger partial charge in [0.2, 0.25) is 5.91 Å². The van der Waals surface area contributed by atoms with Crippen LogP contribution in [0.4, 0.5) is 18.0 Å². The normalized spacial score (nSPS) is 17.3. The van der Waals surface area contributed by atoms with E-state index in [0.29, 0.717) is 12.8 Å². The number of nitrogens with one attached hydrogen (secondary N) is 2. The molecule has 2 N–H and O–H groups in total. The van der Waals surface area contributed by atoms with Gasteiger partial charge in [0.1, 0.15) is 18.1 Å². The third-order valence-corrected chi connectivity index (χ3v) is 7.46. The second-order valence-electron chi connectivity index (χ2n) is 11.6. The van der Waals surface area contributed by atoms with Crippen LogP contribution < -0.4 is 10.6 Å². The average molecular weight is 546 g/mol. The Bertz CT molecular complexity index is 1120. The number of alkyl carbamates (subject to hydrolysis) is 1. The van der Waals surface area contributed by atoms with E-state index in [1.54, 1.807) is 0 Å². The van der Waals surface area contributed by atoms with Gasteiger partial charge in [-0.2, -0.15) is 13.2 Å². The first-order chi connectivity index (χ1) is 18.4. The predicted molar refractivity (Wildman–Crippen MR) is 144 cm³/mol. The molecule has 1 fully saturated rings. The molecule has 0 saturated carbocycles. The van der Waals surface area contributed by atoms with E-state index in [2.05, 4.69) is 15.5 Å². The molecule has 0 bridgehead atoms. The zero-order valence-corrected chi connectivity index (χ0v) is 22.9. The molecule has 9 heteroatoms. The standard InChI is InChI=1S/C30H38F3N3O3/c1-28(2,3)35-27(38)39-21-14-18-36(19-15-21)17-9-8-16-29(26(37)34-20-30(31,32)33)24-12-6-4-10-22(24)23-11-5-7-13-25(23)29/h4-7,10-13,21H,8-9,14-20H2,1-3H3,(H,34,37)(H,35,38). The van der Waals surface area contributed by atoms with Crippen LogP contribution >= 0.6 is 0 Å². The number of unbranched alkanes of at least 4 members (excludes halogenated alkanes) is 1. The van der Waals surface area contributed by atoms with Crippen molar-refractivity contribution in [3.8, 4) is 11.1 Å². The van der Waals surface area contributed by atoms with E-state index in [0.717, 1.165) is 61.2 Å². The fraction of sp³-hybridized carbons (Fsp3) is 0.533. The van der Waals surface area contributed by atoms with E-state index in [1.807, 2.05) is 69.3 Å². The number of alkyl halides is 3. The number of nitrogens with zero attached hydrogens (tertiary/aromatic N) is 1. The molecule has 0 unspecified atom stereocenters. The summed E-state index contributed by atoms with van der Waals surface area (Å²) in [5.41, 5.74) is 1.80. The molecule has 2 amide bonds. The van der Waals surface area contributed by atoms with Gasteiger partial charge in [0.15, 0.2) is 0 Å². The van der Waals surface area contributed by atoms with Crippen molar-refractivity contribution in [2.45, 2.75) is 76.1 Å². The highest BCUT2D eigenvalue weighted by molar-refractivity contribution is 6.00. The van der Waals surface area contributed by atoms with Gasteiger partial charge in [-0.15, -0.1) is 0 Å². The Hall–Kier alpha value is -3.07. The van der Waals surface area contributed by atoms with E-state index in [4.69, 9.17) is 4.74 Å². The Balaban J connectivity index is 1.39. The van der Waals surface area contributed by atoms with E-state index < -0.39 is 30.1 Å². The molecular weight excluding hydrogens is 507 g/mol. The maximum absolute atomic E-state index is 13.6. The average Bonchev–Trinajstić information content (AvgIpc) is 3.15. The molecule has 4 rings (SSSR count). The molecule has 0 atom stereocenters. The van der Waals surface area contributed by atoms with Crippen molar-refractivity contribution in [3.63, 3.8) is 0 Å². The number of amides is 2. The van der Waals surface area contributed by atoms with Gasteiger partial charge >= 0.3 is 12.3 Å². The minimum atomic E-state index is -4.49. The molecule has 1 aliphatic heterocycles. The number of carbonyl (C=O) groups excluding carboxylic acids is 2. The Labute approximate surface area is 228 Å². The maximum Gasteiger partial charge on any atom is 0.407 e. The molecule has 6 nitrogen and oxygen atoms in total. The van der Waals surface area contributed by atoms with Gasteiger partial charge in [0.25, 0.3) is 0 Å². The number of hydrogen-bond acceptors (Lipinski definition) is 4. The highest BCUT2D eigenvalue weighted by Crippen LogP contribution is 2.51. The Morgan fingerprint density at radius 1 is 0.949 bits per heavy atom. The lowest BCUT2D eigenvalue weighted by Gasteiger charge is -2.33. The molecule has 212 valence electrons. The minimum Gasteiger partial charge on any atom is -0.446 e. The molecule has 0 radical (unpaired) electrons. The summed E-state index contributed by atoms with van der Waals surface area (Å²) in [5, 5.41) is 5.01. The van der Waals surface area contributed by atoms with Gasteiger partial charge in [-0.1, -0.05) is 55.0 Å². The molecule has 0 spiro atoms. The van der Waals surface area contributed by atoms with E-state index in [9.17, 15) is 22.8 Å². The van der Waals surface area contributed by atoms with E-state index >= 15 is 0 Å². The van der Waals surface area contributed by atoms with Gasteiger partial charge in [-0.25, -0.2) is 4.79 Å². The van der Waals surface area contributed by atoms with Crippen molar-refractivity contribution in [1.82, 2.24) is 15.5 Å². The summed E-state index contributed by atoms with van der Waals surface area (Å²) in [6, 6.07) is 15.0. The lowest BCUT2D eigenvalue weighted by molar-refractivity contribution is -0.141. The maximum atomic E-state index is 13.6. The molecule has 1 aliphatic carbocycles. The van der Waals surface area contributed by atoms with Crippen LogP contribution in [0.5, 0.6) is 0 Å². The van der Waals surface area contributed by atoms with Crippen molar-refractivity contribution >= 4 is 12.0 Å². The van der Waals surface area contributed by atoms with Gasteiger partial charge in [-0.3, -0.25) is 4.79 Å². The monoisotopic (exact) mass is 545 g/mol. The topological polar surface area (TPSA) is 70.7 Å². The molecule has 0 aromatic heterocycles. The van der Waals surface area contributed by atoms with Crippen LogP contribution in [0, 0.1) is 0 Å². The van der Waals surface area contributed by atoms with E-state index in [-0.39, 0.29) is 11.6 Å². The summed E-state index contributed by atoms with van der Waals surface area (Å²) in [5.74, 6) is -0.608. The fourth-order valence-electron chi connectivity index (χ4n) is 5.75. The van der Waals surface area contributed by atoms with E-state index in [1.165, 1.54) is 0 Å². The van der Waals surface area contributed by atoms with Crippen molar-refractivity contribution in [3.05, 3.63) is 59.7 Å². The van der Waals surface area contributed by atoms with Crippen molar-refractivity contribution in [2.24, 2.45) is 0 Å². The lowest BCUT2D eigenvalue weighted by Crippen LogP contribution is -2.47. The predicted octanol–water partition coefficient (Wildman–Crippen LogP) is 5.79. The number of piperidine rings is 1. The number of benzene rings is 2. The van der Waals surface area contributed by atoms with Gasteiger partial charge in [-0.05, 0) is 75.3 Å². The number of fused-ring (bicyclic) bond motifs is 3. The highest BCUT2D eigenvalue weighted by Gasteiger charge is 2.49. The lowest BCUT2D eigenvalue weighted by atomic mass is 9.73. The molecule has 2 aliphatic rings. The largest absolute Gasteiger partial charge is 0.446 e. The summed E-state index contributed by atoms with van der Waals surface area (Å²) < 4.78 is 44.7. The van der Waals surface area contributed by atoms with Crippen molar-refractivity contribution < 1.29 is 27.5 Å². The number of hydrogen-bond donors (Lipinski definition) is 2. The molecular formula is C30H38F3N3O3. The van der Waals surface area contributed by atoms with Crippen LogP contribution in [0.2, 0.25) is 0 Å². The zero-order valence-electron chi connectivity index (χ0n) is 22.9. The number of carbonyl (C=O) groups is 2. The molecule has 39 heavy (non-hydrogen) atoms. The third-order valence-electron chi connectivity index (χ3n) is 7.46. The second-order valence-corrected chi connectivity index (χ2v) is 11.6. The minimum absolute atomic E-state index is 0.115. The van der Waals surface area contributed by atoms with Crippen LogP contribution in [0.15, 0.2) is 48.5 Å². The fourth-order valence-corrected chi connectivity index (χ4v) is 5.75. The number of rotatable bonds is 8. The van der Waals surface area contributed by atoms with Gasteiger partial charge in [0.05, 0.1) is 0 Å². The zero-order chi connectivity index (χ0) is 28.3. The summed E-state index contributed by atoms with van der Waals surface area (Å²) in [7, 11) is 0. The van der Waals surface area contributed by atoms with Crippen LogP contribution in [-0.4, -0.2) is 60.9 Å². The van der Waals surface area contributed by atoms with Crippen LogP contribution in [0.3, 0.4) is 0 Å². The van der Waals surface area contributed by atoms with Crippen molar-refractivity contribution in [1.29, 1.82) is 0 Å². The Kier molecular flexibility index (Phi) is 8.59. The summed E-state index contributed by atoms with van der Waals surface area (Å²) in [4.78, 5) is 28.0. The van der Waals surface area contributed by atoms with Gasteiger partial charge < -0.3 is 20.3 Å². The number of halogens is 3. The summed E-state index contributed by atoms with van der Waals surface area (Å²) in [6.07, 6.45) is -1.61. The van der Waals surface area contributed by atoms with Crippen LogP contribution in [0.1, 0.15) is 64.0 Å². The van der Waals surface area contributed by atoms with Gasteiger partial charge in [0, 0.05) is 18.6 Å². The van der Waals surface area contributed by atoms with Crippen molar-refractivity contribution in [2.75, 3.05) is 26.2 Å². The third kappa shape index (κ3) is 6.93. The summed E-state index contributed by atoms with van der Waals surface area (Å²) >= 11 is 0. The number of ether oxygens (including phenoxy) is 1. The smallest absolute Gasteiger partial charge is 0.407 e. The number of likely N-dealkylation sites (tertiary alicyclic amines) is 1. The quantitative estimate of drug-likeness (QED) is 0.412.